The van der Waals surface area contributed by atoms with Crippen molar-refractivity contribution in [2.45, 2.75) is 106 Å². The Labute approximate surface area is 194 Å². The van der Waals surface area contributed by atoms with Crippen molar-refractivity contribution in [3.05, 3.63) is 11.6 Å². The fourth-order valence-electron chi connectivity index (χ4n) is 10.0. The summed E-state index contributed by atoms with van der Waals surface area (Å²) >= 11 is 0. The molecule has 5 rings (SSSR count). The van der Waals surface area contributed by atoms with Crippen LogP contribution in [0, 0.1) is 50.7 Å². The SMILES string of the molecule is C[C@H]1C(=O)CC(=O)[C@@H]2C1=CC[C@H]1[C@@]2(C)CC[C@@]2(C)[C@@H]3CC(C)(C)CC[C@]3(C)C[C@H](O)[C@]12C. The number of aliphatic hydroxyl groups is 1. The predicted octanol–water partition coefficient (Wildman–Crippen LogP) is 6.14. The number of hydrogen-bond donors (Lipinski definition) is 1. The number of ketones is 2. The average molecular weight is 441 g/mol. The van der Waals surface area contributed by atoms with Gasteiger partial charge in [-0.2, -0.15) is 0 Å². The summed E-state index contributed by atoms with van der Waals surface area (Å²) in [7, 11) is 0. The van der Waals surface area contributed by atoms with Gasteiger partial charge in [0.05, 0.1) is 12.5 Å². The van der Waals surface area contributed by atoms with Crippen LogP contribution in [0.3, 0.4) is 0 Å². The van der Waals surface area contributed by atoms with E-state index in [1.165, 1.54) is 19.3 Å². The largest absolute Gasteiger partial charge is 0.393 e. The van der Waals surface area contributed by atoms with Gasteiger partial charge in [-0.25, -0.2) is 0 Å². The Bertz CT molecular complexity index is 900. The van der Waals surface area contributed by atoms with Crippen LogP contribution in [0.25, 0.3) is 0 Å². The molecule has 0 spiro atoms. The average Bonchev–Trinajstić information content (AvgIpc) is 2.70. The summed E-state index contributed by atoms with van der Waals surface area (Å²) in [5, 5.41) is 11.9. The second-order valence-corrected chi connectivity index (χ2v) is 14.3. The first-order chi connectivity index (χ1) is 14.7. The van der Waals surface area contributed by atoms with Crippen molar-refractivity contribution in [3.8, 4) is 0 Å². The van der Waals surface area contributed by atoms with Crippen LogP contribution in [-0.4, -0.2) is 22.8 Å². The molecule has 0 bridgehead atoms. The minimum atomic E-state index is -0.340. The number of hydrogen-bond acceptors (Lipinski definition) is 3. The van der Waals surface area contributed by atoms with Crippen LogP contribution in [0.15, 0.2) is 11.6 Å². The monoisotopic (exact) mass is 440 g/mol. The molecule has 0 aliphatic heterocycles. The standard InChI is InChI=1S/C29H44O3/c1-17-18-8-9-21-27(5,24(18)20(31)14-19(17)30)12-13-28(6)22-15-25(2,3)10-11-26(22,4)16-23(32)29(21,28)7/h8,17,21-24,32H,9-16H2,1-7H3/t17-,21+,22-,23+,24+,26-,27-,28+,29+/m1/s1. The zero-order valence-corrected chi connectivity index (χ0v) is 21.4. The van der Waals surface area contributed by atoms with Crippen molar-refractivity contribution >= 4 is 11.6 Å². The summed E-state index contributed by atoms with van der Waals surface area (Å²) in [5.74, 6) is 0.826. The Morgan fingerprint density at radius 1 is 0.875 bits per heavy atom. The molecule has 4 fully saturated rings. The van der Waals surface area contributed by atoms with E-state index in [1.54, 1.807) is 0 Å². The molecule has 0 radical (unpaired) electrons. The molecule has 0 amide bonds. The van der Waals surface area contributed by atoms with E-state index in [9.17, 15) is 14.7 Å². The fourth-order valence-corrected chi connectivity index (χ4v) is 10.0. The van der Waals surface area contributed by atoms with Gasteiger partial charge in [-0.3, -0.25) is 9.59 Å². The summed E-state index contributed by atoms with van der Waals surface area (Å²) < 4.78 is 0. The van der Waals surface area contributed by atoms with Crippen LogP contribution >= 0.6 is 0 Å². The van der Waals surface area contributed by atoms with Crippen LogP contribution in [0.4, 0.5) is 0 Å². The molecular weight excluding hydrogens is 396 g/mol. The molecule has 178 valence electrons. The third kappa shape index (κ3) is 2.64. The Morgan fingerprint density at radius 2 is 1.56 bits per heavy atom. The van der Waals surface area contributed by atoms with Crippen molar-refractivity contribution in [1.82, 2.24) is 0 Å². The molecule has 3 nitrogen and oxygen atoms in total. The maximum Gasteiger partial charge on any atom is 0.147 e. The van der Waals surface area contributed by atoms with Gasteiger partial charge < -0.3 is 5.11 Å². The number of carbonyl (C=O) groups is 2. The zero-order chi connectivity index (χ0) is 23.5. The van der Waals surface area contributed by atoms with Gasteiger partial charge in [0.1, 0.15) is 11.6 Å². The van der Waals surface area contributed by atoms with Gasteiger partial charge in [0.2, 0.25) is 0 Å². The minimum absolute atomic E-state index is 0.0613. The van der Waals surface area contributed by atoms with Crippen LogP contribution < -0.4 is 0 Å². The first-order valence-electron chi connectivity index (χ1n) is 13.1. The van der Waals surface area contributed by atoms with Gasteiger partial charge in [0.15, 0.2) is 0 Å². The molecule has 0 saturated heterocycles. The van der Waals surface area contributed by atoms with Gasteiger partial charge in [-0.05, 0) is 78.4 Å². The first kappa shape index (κ1) is 22.8. The third-order valence-corrected chi connectivity index (χ3v) is 12.3. The number of fused-ring (bicyclic) bond motifs is 7. The molecule has 5 aliphatic carbocycles. The lowest BCUT2D eigenvalue weighted by Crippen LogP contribution is -2.70. The van der Waals surface area contributed by atoms with Crippen molar-refractivity contribution in [3.63, 3.8) is 0 Å². The Morgan fingerprint density at radius 3 is 2.25 bits per heavy atom. The quantitative estimate of drug-likeness (QED) is 0.364. The van der Waals surface area contributed by atoms with E-state index in [1.807, 2.05) is 6.92 Å². The van der Waals surface area contributed by atoms with Crippen LogP contribution in [-0.2, 0) is 9.59 Å². The van der Waals surface area contributed by atoms with Gasteiger partial charge in [-0.15, -0.1) is 0 Å². The van der Waals surface area contributed by atoms with E-state index in [0.717, 1.165) is 31.3 Å². The summed E-state index contributed by atoms with van der Waals surface area (Å²) in [6.45, 7) is 16.5. The molecule has 4 saturated carbocycles. The van der Waals surface area contributed by atoms with E-state index in [-0.39, 0.29) is 63.5 Å². The van der Waals surface area contributed by atoms with E-state index in [4.69, 9.17) is 0 Å². The van der Waals surface area contributed by atoms with Crippen molar-refractivity contribution in [2.75, 3.05) is 0 Å². The van der Waals surface area contributed by atoms with Crippen molar-refractivity contribution in [2.24, 2.45) is 50.7 Å². The van der Waals surface area contributed by atoms with Gasteiger partial charge in [-0.1, -0.05) is 60.1 Å². The highest BCUT2D eigenvalue weighted by molar-refractivity contribution is 6.07. The van der Waals surface area contributed by atoms with E-state index >= 15 is 0 Å². The minimum Gasteiger partial charge on any atom is -0.393 e. The molecule has 0 aromatic carbocycles. The zero-order valence-electron chi connectivity index (χ0n) is 21.4. The molecule has 3 heteroatoms. The molecule has 0 aromatic rings. The van der Waals surface area contributed by atoms with Crippen molar-refractivity contribution < 1.29 is 14.7 Å². The first-order valence-corrected chi connectivity index (χ1v) is 13.1. The second-order valence-electron chi connectivity index (χ2n) is 14.3. The maximum atomic E-state index is 13.3. The molecule has 0 heterocycles. The Hall–Kier alpha value is -0.960. The predicted molar refractivity (Wildman–Crippen MR) is 127 cm³/mol. The lowest BCUT2D eigenvalue weighted by Gasteiger charge is -2.73. The number of Topliss-reactive ketones (excluding diaryl/α,β-unsaturated/α-hetero) is 2. The van der Waals surface area contributed by atoms with Crippen LogP contribution in [0.1, 0.15) is 99.8 Å². The highest BCUT2D eigenvalue weighted by Gasteiger charge is 2.72. The highest BCUT2D eigenvalue weighted by atomic mass is 16.3. The number of carbonyl (C=O) groups excluding carboxylic acids is 2. The molecule has 32 heavy (non-hydrogen) atoms. The van der Waals surface area contributed by atoms with Crippen molar-refractivity contribution in [1.29, 1.82) is 0 Å². The smallest absolute Gasteiger partial charge is 0.147 e. The molecule has 9 atom stereocenters. The van der Waals surface area contributed by atoms with Gasteiger partial charge >= 0.3 is 0 Å². The summed E-state index contributed by atoms with van der Waals surface area (Å²) in [6.07, 6.45) is 9.57. The Balaban J connectivity index is 1.62. The summed E-state index contributed by atoms with van der Waals surface area (Å²) in [4.78, 5) is 25.8. The number of rotatable bonds is 0. The summed E-state index contributed by atoms with van der Waals surface area (Å²) in [5.41, 5.74) is 1.32. The topological polar surface area (TPSA) is 54.4 Å². The van der Waals surface area contributed by atoms with E-state index in [0.29, 0.717) is 11.3 Å². The van der Waals surface area contributed by atoms with Crippen LogP contribution in [0.2, 0.25) is 0 Å². The van der Waals surface area contributed by atoms with Gasteiger partial charge in [0, 0.05) is 17.3 Å². The lowest BCUT2D eigenvalue weighted by atomic mass is 9.31. The molecular formula is C29H44O3. The second kappa shape index (κ2) is 6.58. The molecule has 0 unspecified atom stereocenters. The normalized spacial score (nSPS) is 54.6. The molecule has 5 aliphatic rings. The number of allylic oxidation sites excluding steroid dienone is 2. The molecule has 0 aromatic heterocycles. The number of aliphatic hydroxyl groups excluding tert-OH is 1. The third-order valence-electron chi connectivity index (χ3n) is 12.3. The summed E-state index contributed by atoms with van der Waals surface area (Å²) in [6, 6.07) is 0. The Kier molecular flexibility index (Phi) is 4.69. The highest BCUT2D eigenvalue weighted by Crippen LogP contribution is 2.76. The van der Waals surface area contributed by atoms with Crippen LogP contribution in [0.5, 0.6) is 0 Å². The van der Waals surface area contributed by atoms with Gasteiger partial charge in [0.25, 0.3) is 0 Å². The fraction of sp³-hybridized carbons (Fsp3) is 0.862. The van der Waals surface area contributed by atoms with E-state index < -0.39 is 0 Å². The lowest BCUT2D eigenvalue weighted by molar-refractivity contribution is -0.270. The maximum absolute atomic E-state index is 13.3. The van der Waals surface area contributed by atoms with E-state index in [2.05, 4.69) is 47.6 Å². The molecule has 1 N–H and O–H groups in total.